The van der Waals surface area contributed by atoms with Crippen LogP contribution in [0.4, 0.5) is 10.5 Å². The van der Waals surface area contributed by atoms with E-state index < -0.39 is 6.03 Å². The molecular weight excluding hydrogens is 394 g/mol. The van der Waals surface area contributed by atoms with Gasteiger partial charge < -0.3 is 20.8 Å². The Hall–Kier alpha value is -3.10. The van der Waals surface area contributed by atoms with Crippen LogP contribution in [0.15, 0.2) is 36.4 Å². The Bertz CT molecular complexity index is 950. The number of primary amides is 1. The fraction of sp³-hybridized carbons (Fsp3) is 0.391. The first-order valence-electron chi connectivity index (χ1n) is 10.4. The van der Waals surface area contributed by atoms with Gasteiger partial charge in [0, 0.05) is 38.8 Å². The molecule has 2 amide bonds. The van der Waals surface area contributed by atoms with Crippen LogP contribution in [0.5, 0.6) is 11.5 Å². The summed E-state index contributed by atoms with van der Waals surface area (Å²) < 4.78 is 0. The van der Waals surface area contributed by atoms with Gasteiger partial charge in [0.25, 0.3) is 0 Å². The molecule has 0 aromatic heterocycles. The molecule has 1 heterocycles. The molecular formula is C23H31N5O3. The van der Waals surface area contributed by atoms with E-state index in [2.05, 4.69) is 16.8 Å². The summed E-state index contributed by atoms with van der Waals surface area (Å²) in [6.07, 6.45) is 0. The van der Waals surface area contributed by atoms with Crippen molar-refractivity contribution in [3.63, 3.8) is 0 Å². The predicted molar refractivity (Wildman–Crippen MR) is 122 cm³/mol. The minimum atomic E-state index is -0.824. The molecule has 0 saturated carbocycles. The molecule has 1 aliphatic heterocycles. The number of aromatic hydroxyl groups is 2. The first-order valence-corrected chi connectivity index (χ1v) is 10.4. The average Bonchev–Trinajstić information content (AvgIpc) is 2.70. The molecule has 1 fully saturated rings. The standard InChI is InChI=1S/C23H31N5O3/c1-15(2)18-12-19(21(30)13-20(18)29)22(24)28(23(25)31)17-6-4-16(5-7-17)14-27-10-8-26(3)9-11-27/h4-7,12-13,15,24,29-30H,8-11,14H2,1-3H3,(H2,25,31). The highest BCUT2D eigenvalue weighted by Crippen LogP contribution is 2.33. The third kappa shape index (κ3) is 5.15. The molecule has 0 bridgehead atoms. The minimum Gasteiger partial charge on any atom is -0.508 e. The van der Waals surface area contributed by atoms with Crippen LogP contribution in [0, 0.1) is 5.41 Å². The van der Waals surface area contributed by atoms with Gasteiger partial charge >= 0.3 is 6.03 Å². The number of hydrogen-bond acceptors (Lipinski definition) is 6. The smallest absolute Gasteiger partial charge is 0.325 e. The molecule has 0 aliphatic carbocycles. The Morgan fingerprint density at radius 3 is 2.26 bits per heavy atom. The number of carbonyl (C=O) groups excluding carboxylic acids is 1. The lowest BCUT2D eigenvalue weighted by molar-refractivity contribution is 0.148. The molecule has 0 spiro atoms. The van der Waals surface area contributed by atoms with Crippen molar-refractivity contribution in [2.24, 2.45) is 5.73 Å². The lowest BCUT2D eigenvalue weighted by atomic mass is 9.98. The molecule has 8 heteroatoms. The first-order chi connectivity index (χ1) is 14.7. The summed E-state index contributed by atoms with van der Waals surface area (Å²) in [4.78, 5) is 17.9. The maximum atomic E-state index is 12.2. The second kappa shape index (κ2) is 9.36. The van der Waals surface area contributed by atoms with Gasteiger partial charge in [-0.2, -0.15) is 0 Å². The van der Waals surface area contributed by atoms with E-state index in [1.54, 1.807) is 12.1 Å². The number of nitrogens with zero attached hydrogens (tertiary/aromatic N) is 3. The van der Waals surface area contributed by atoms with E-state index >= 15 is 0 Å². The third-order valence-electron chi connectivity index (χ3n) is 5.66. The van der Waals surface area contributed by atoms with Crippen molar-refractivity contribution in [1.82, 2.24) is 9.80 Å². The van der Waals surface area contributed by atoms with Crippen molar-refractivity contribution in [2.45, 2.75) is 26.3 Å². The molecule has 5 N–H and O–H groups in total. The number of anilines is 1. The van der Waals surface area contributed by atoms with Gasteiger partial charge in [-0.25, -0.2) is 9.69 Å². The van der Waals surface area contributed by atoms with Crippen molar-refractivity contribution in [1.29, 1.82) is 5.41 Å². The van der Waals surface area contributed by atoms with Gasteiger partial charge in [-0.1, -0.05) is 26.0 Å². The zero-order chi connectivity index (χ0) is 22.7. The molecule has 0 atom stereocenters. The summed E-state index contributed by atoms with van der Waals surface area (Å²) in [5.74, 6) is -0.616. The zero-order valence-corrected chi connectivity index (χ0v) is 18.3. The number of amides is 2. The van der Waals surface area contributed by atoms with E-state index in [1.165, 1.54) is 12.1 Å². The molecule has 2 aromatic carbocycles. The van der Waals surface area contributed by atoms with Crippen molar-refractivity contribution in [2.75, 3.05) is 38.1 Å². The quantitative estimate of drug-likeness (QED) is 0.434. The van der Waals surface area contributed by atoms with Crippen LogP contribution in [-0.2, 0) is 6.54 Å². The number of phenols is 2. The molecule has 3 rings (SSSR count). The summed E-state index contributed by atoms with van der Waals surface area (Å²) in [6.45, 7) is 8.70. The van der Waals surface area contributed by atoms with Crippen LogP contribution >= 0.6 is 0 Å². The largest absolute Gasteiger partial charge is 0.508 e. The number of piperazine rings is 1. The van der Waals surface area contributed by atoms with Crippen LogP contribution in [0.25, 0.3) is 0 Å². The minimum absolute atomic E-state index is 0.0250. The molecule has 2 aromatic rings. The highest BCUT2D eigenvalue weighted by molar-refractivity contribution is 6.22. The fourth-order valence-electron chi connectivity index (χ4n) is 3.75. The maximum absolute atomic E-state index is 12.2. The Morgan fingerprint density at radius 1 is 1.10 bits per heavy atom. The lowest BCUT2D eigenvalue weighted by Gasteiger charge is -2.32. The van der Waals surface area contributed by atoms with Crippen molar-refractivity contribution in [3.8, 4) is 11.5 Å². The molecule has 1 saturated heterocycles. The number of urea groups is 1. The van der Waals surface area contributed by atoms with Gasteiger partial charge in [0.15, 0.2) is 0 Å². The Kier molecular flexibility index (Phi) is 6.82. The van der Waals surface area contributed by atoms with Crippen LogP contribution in [0.1, 0.15) is 36.5 Å². The summed E-state index contributed by atoms with van der Waals surface area (Å²) in [6, 6.07) is 9.25. The number of nitrogens with one attached hydrogen (secondary N) is 1. The van der Waals surface area contributed by atoms with Crippen LogP contribution < -0.4 is 10.6 Å². The van der Waals surface area contributed by atoms with Crippen molar-refractivity contribution >= 4 is 17.6 Å². The highest BCUT2D eigenvalue weighted by atomic mass is 16.3. The van der Waals surface area contributed by atoms with Crippen molar-refractivity contribution in [3.05, 3.63) is 53.1 Å². The summed E-state index contributed by atoms with van der Waals surface area (Å²) in [5, 5.41) is 28.9. The van der Waals surface area contributed by atoms with Gasteiger partial charge in [-0.05, 0) is 42.3 Å². The van der Waals surface area contributed by atoms with Crippen LogP contribution in [-0.4, -0.2) is 65.1 Å². The van der Waals surface area contributed by atoms with Gasteiger partial charge in [-0.15, -0.1) is 0 Å². The fourth-order valence-corrected chi connectivity index (χ4v) is 3.75. The Balaban J connectivity index is 1.83. The van der Waals surface area contributed by atoms with Gasteiger partial charge in [0.2, 0.25) is 0 Å². The van der Waals surface area contributed by atoms with Gasteiger partial charge in [0.1, 0.15) is 17.3 Å². The van der Waals surface area contributed by atoms with Crippen LogP contribution in [0.2, 0.25) is 0 Å². The number of carbonyl (C=O) groups is 1. The number of amidine groups is 1. The first kappa shape index (κ1) is 22.6. The Morgan fingerprint density at radius 2 is 1.71 bits per heavy atom. The number of likely N-dealkylation sites (N-methyl/N-ethyl adjacent to an activating group) is 1. The van der Waals surface area contributed by atoms with E-state index in [4.69, 9.17) is 11.1 Å². The van der Waals surface area contributed by atoms with Gasteiger partial charge in [-0.3, -0.25) is 10.3 Å². The number of hydrogen-bond donors (Lipinski definition) is 4. The van der Waals surface area contributed by atoms with Crippen molar-refractivity contribution < 1.29 is 15.0 Å². The second-order valence-electron chi connectivity index (χ2n) is 8.35. The maximum Gasteiger partial charge on any atom is 0.325 e. The predicted octanol–water partition coefficient (Wildman–Crippen LogP) is 2.88. The van der Waals surface area contributed by atoms with Crippen LogP contribution in [0.3, 0.4) is 0 Å². The summed E-state index contributed by atoms with van der Waals surface area (Å²) in [7, 11) is 2.12. The van der Waals surface area contributed by atoms with E-state index in [9.17, 15) is 15.0 Å². The highest BCUT2D eigenvalue weighted by Gasteiger charge is 2.24. The number of rotatable bonds is 5. The summed E-state index contributed by atoms with van der Waals surface area (Å²) in [5.41, 5.74) is 7.84. The zero-order valence-electron chi connectivity index (χ0n) is 18.3. The molecule has 1 aliphatic rings. The van der Waals surface area contributed by atoms with Gasteiger partial charge in [0.05, 0.1) is 11.3 Å². The summed E-state index contributed by atoms with van der Waals surface area (Å²) >= 11 is 0. The lowest BCUT2D eigenvalue weighted by Crippen LogP contribution is -2.43. The average molecular weight is 426 g/mol. The van der Waals surface area contributed by atoms with E-state index in [0.717, 1.165) is 43.2 Å². The van der Waals surface area contributed by atoms with E-state index in [1.807, 2.05) is 26.0 Å². The van der Waals surface area contributed by atoms with E-state index in [0.29, 0.717) is 11.3 Å². The SMILES string of the molecule is CC(C)c1cc(C(=N)N(C(N)=O)c2ccc(CN3CCN(C)CC3)cc2)c(O)cc1O. The van der Waals surface area contributed by atoms with E-state index in [-0.39, 0.29) is 28.8 Å². The monoisotopic (exact) mass is 425 g/mol. The number of phenolic OH excluding ortho intramolecular Hbond substituents is 2. The number of benzene rings is 2. The second-order valence-corrected chi connectivity index (χ2v) is 8.35. The number of nitrogens with two attached hydrogens (primary N) is 1. The molecule has 8 nitrogen and oxygen atoms in total. The molecule has 0 radical (unpaired) electrons. The molecule has 31 heavy (non-hydrogen) atoms. The third-order valence-corrected chi connectivity index (χ3v) is 5.66. The Labute approximate surface area is 183 Å². The topological polar surface area (TPSA) is 117 Å². The molecule has 0 unspecified atom stereocenters. The molecule has 166 valence electrons. The normalized spacial score (nSPS) is 15.2.